The van der Waals surface area contributed by atoms with Crippen LogP contribution >= 0.6 is 0 Å². The highest BCUT2D eigenvalue weighted by molar-refractivity contribution is 7.92. The normalized spacial score (nSPS) is 11.0. The van der Waals surface area contributed by atoms with Gasteiger partial charge >= 0.3 is 0 Å². The van der Waals surface area contributed by atoms with E-state index in [1.165, 1.54) is 4.31 Å². The highest BCUT2D eigenvalue weighted by Gasteiger charge is 2.18. The molecule has 0 unspecified atom stereocenters. The Balaban J connectivity index is 2.06. The van der Waals surface area contributed by atoms with Gasteiger partial charge in [-0.05, 0) is 48.9 Å². The minimum absolute atomic E-state index is 0.0487. The summed E-state index contributed by atoms with van der Waals surface area (Å²) >= 11 is 0. The number of amides is 1. The molecule has 0 aliphatic carbocycles. The van der Waals surface area contributed by atoms with Crippen molar-refractivity contribution in [1.29, 1.82) is 0 Å². The van der Waals surface area contributed by atoms with Crippen molar-refractivity contribution in [2.45, 2.75) is 13.3 Å². The van der Waals surface area contributed by atoms with Gasteiger partial charge in [0.2, 0.25) is 15.9 Å². The molecule has 2 rings (SSSR count). The van der Waals surface area contributed by atoms with E-state index in [-0.39, 0.29) is 18.9 Å². The Bertz CT molecular complexity index is 832. The summed E-state index contributed by atoms with van der Waals surface area (Å²) in [6.45, 7) is 1.99. The minimum Gasteiger partial charge on any atom is -0.497 e. The molecule has 6 nitrogen and oxygen atoms in total. The first-order chi connectivity index (χ1) is 11.8. The lowest BCUT2D eigenvalue weighted by Gasteiger charge is -2.22. The summed E-state index contributed by atoms with van der Waals surface area (Å²) < 4.78 is 30.4. The van der Waals surface area contributed by atoms with Crippen LogP contribution < -0.4 is 14.4 Å². The molecule has 25 heavy (non-hydrogen) atoms. The topological polar surface area (TPSA) is 75.7 Å². The first-order valence-electron chi connectivity index (χ1n) is 7.78. The predicted molar refractivity (Wildman–Crippen MR) is 99.6 cm³/mol. The van der Waals surface area contributed by atoms with Gasteiger partial charge in [0.1, 0.15) is 5.75 Å². The van der Waals surface area contributed by atoms with Gasteiger partial charge in [-0.15, -0.1) is 0 Å². The number of aryl methyl sites for hydroxylation is 1. The third-order valence-corrected chi connectivity index (χ3v) is 4.80. The highest BCUT2D eigenvalue weighted by atomic mass is 32.2. The van der Waals surface area contributed by atoms with Crippen LogP contribution in [-0.4, -0.2) is 34.2 Å². The zero-order chi connectivity index (χ0) is 18.4. The van der Waals surface area contributed by atoms with Crippen molar-refractivity contribution in [2.75, 3.05) is 29.5 Å². The Morgan fingerprint density at radius 1 is 1.16 bits per heavy atom. The van der Waals surface area contributed by atoms with Crippen LogP contribution in [0.4, 0.5) is 11.4 Å². The number of hydrogen-bond donors (Lipinski definition) is 1. The number of rotatable bonds is 7. The molecule has 1 amide bonds. The van der Waals surface area contributed by atoms with Crippen LogP contribution in [0.1, 0.15) is 12.0 Å². The Hall–Kier alpha value is -2.54. The molecule has 0 heterocycles. The number of carbonyl (C=O) groups is 1. The second-order valence-electron chi connectivity index (χ2n) is 5.70. The second-order valence-corrected chi connectivity index (χ2v) is 7.61. The van der Waals surface area contributed by atoms with E-state index in [4.69, 9.17) is 4.74 Å². The van der Waals surface area contributed by atoms with Gasteiger partial charge in [-0.2, -0.15) is 0 Å². The summed E-state index contributed by atoms with van der Waals surface area (Å²) in [5.74, 6) is 0.391. The Labute approximate surface area is 148 Å². The monoisotopic (exact) mass is 362 g/mol. The lowest BCUT2D eigenvalue weighted by atomic mass is 10.2. The van der Waals surface area contributed by atoms with Crippen molar-refractivity contribution in [3.63, 3.8) is 0 Å². The summed E-state index contributed by atoms with van der Waals surface area (Å²) in [6.07, 6.45) is 1.17. The molecule has 134 valence electrons. The van der Waals surface area contributed by atoms with E-state index in [1.807, 2.05) is 25.1 Å². The van der Waals surface area contributed by atoms with Crippen molar-refractivity contribution in [1.82, 2.24) is 0 Å². The van der Waals surface area contributed by atoms with E-state index in [0.29, 0.717) is 17.1 Å². The van der Waals surface area contributed by atoms with Crippen LogP contribution in [0, 0.1) is 6.92 Å². The van der Waals surface area contributed by atoms with E-state index in [9.17, 15) is 13.2 Å². The van der Waals surface area contributed by atoms with Gasteiger partial charge in [-0.3, -0.25) is 9.10 Å². The van der Waals surface area contributed by atoms with Crippen molar-refractivity contribution in [3.05, 3.63) is 54.1 Å². The first kappa shape index (κ1) is 18.8. The van der Waals surface area contributed by atoms with Crippen LogP contribution in [0.5, 0.6) is 5.75 Å². The zero-order valence-electron chi connectivity index (χ0n) is 14.5. The Morgan fingerprint density at radius 2 is 1.84 bits per heavy atom. The minimum atomic E-state index is -3.50. The van der Waals surface area contributed by atoms with E-state index >= 15 is 0 Å². The lowest BCUT2D eigenvalue weighted by Crippen LogP contribution is -2.33. The number of ether oxygens (including phenoxy) is 1. The van der Waals surface area contributed by atoms with Crippen LogP contribution in [0.3, 0.4) is 0 Å². The number of methoxy groups -OCH3 is 1. The van der Waals surface area contributed by atoms with E-state index in [1.54, 1.807) is 37.4 Å². The van der Waals surface area contributed by atoms with Crippen molar-refractivity contribution in [3.8, 4) is 5.75 Å². The lowest BCUT2D eigenvalue weighted by molar-refractivity contribution is -0.116. The van der Waals surface area contributed by atoms with E-state index in [2.05, 4.69) is 5.32 Å². The second kappa shape index (κ2) is 8.02. The number of hydrogen-bond acceptors (Lipinski definition) is 4. The number of anilines is 2. The summed E-state index contributed by atoms with van der Waals surface area (Å²) in [4.78, 5) is 12.1. The molecule has 0 atom stereocenters. The zero-order valence-corrected chi connectivity index (χ0v) is 15.3. The fourth-order valence-electron chi connectivity index (χ4n) is 2.38. The Kier molecular flexibility index (Phi) is 6.03. The highest BCUT2D eigenvalue weighted by Crippen LogP contribution is 2.21. The summed E-state index contributed by atoms with van der Waals surface area (Å²) in [6, 6.07) is 14.1. The van der Waals surface area contributed by atoms with Crippen molar-refractivity contribution in [2.24, 2.45) is 0 Å². The molecular formula is C18H22N2O4S. The fraction of sp³-hybridized carbons (Fsp3) is 0.278. The quantitative estimate of drug-likeness (QED) is 0.822. The maximum absolute atomic E-state index is 12.1. The molecule has 2 aromatic carbocycles. The molecule has 0 radical (unpaired) electrons. The molecule has 2 aromatic rings. The summed E-state index contributed by atoms with van der Waals surface area (Å²) in [7, 11) is -1.96. The molecule has 0 fully saturated rings. The van der Waals surface area contributed by atoms with Gasteiger partial charge in [0.05, 0.1) is 19.1 Å². The van der Waals surface area contributed by atoms with Crippen LogP contribution in [0.2, 0.25) is 0 Å². The number of carbonyl (C=O) groups excluding carboxylic acids is 1. The maximum atomic E-state index is 12.1. The SMILES string of the molecule is COc1ccc(N(CCC(=O)Nc2cccc(C)c2)S(C)(=O)=O)cc1. The molecule has 0 aliphatic rings. The smallest absolute Gasteiger partial charge is 0.232 e. The molecule has 0 aliphatic heterocycles. The Morgan fingerprint density at radius 3 is 2.40 bits per heavy atom. The van der Waals surface area contributed by atoms with Gasteiger partial charge < -0.3 is 10.1 Å². The molecular weight excluding hydrogens is 340 g/mol. The summed E-state index contributed by atoms with van der Waals surface area (Å²) in [5.41, 5.74) is 2.22. The molecule has 0 saturated heterocycles. The number of benzene rings is 2. The third-order valence-electron chi connectivity index (χ3n) is 3.60. The van der Waals surface area contributed by atoms with Gasteiger partial charge in [0.25, 0.3) is 0 Å². The van der Waals surface area contributed by atoms with Gasteiger partial charge in [-0.25, -0.2) is 8.42 Å². The largest absolute Gasteiger partial charge is 0.497 e. The van der Waals surface area contributed by atoms with Crippen LogP contribution in [0.15, 0.2) is 48.5 Å². The number of sulfonamides is 1. The van der Waals surface area contributed by atoms with Crippen LogP contribution in [0.25, 0.3) is 0 Å². The van der Waals surface area contributed by atoms with Gasteiger partial charge in [-0.1, -0.05) is 12.1 Å². The third kappa shape index (κ3) is 5.49. The first-order valence-corrected chi connectivity index (χ1v) is 9.63. The molecule has 7 heteroatoms. The van der Waals surface area contributed by atoms with E-state index < -0.39 is 10.0 Å². The maximum Gasteiger partial charge on any atom is 0.232 e. The van der Waals surface area contributed by atoms with Crippen molar-refractivity contribution >= 4 is 27.3 Å². The fourth-order valence-corrected chi connectivity index (χ4v) is 3.31. The molecule has 0 saturated carbocycles. The number of nitrogens with one attached hydrogen (secondary N) is 1. The van der Waals surface area contributed by atoms with E-state index in [0.717, 1.165) is 11.8 Å². The average molecular weight is 362 g/mol. The predicted octanol–water partition coefficient (Wildman–Crippen LogP) is 2.80. The van der Waals surface area contributed by atoms with Crippen LogP contribution in [-0.2, 0) is 14.8 Å². The van der Waals surface area contributed by atoms with Gasteiger partial charge in [0, 0.05) is 18.7 Å². The molecule has 0 bridgehead atoms. The molecule has 1 N–H and O–H groups in total. The number of nitrogens with zero attached hydrogens (tertiary/aromatic N) is 1. The molecule has 0 aromatic heterocycles. The summed E-state index contributed by atoms with van der Waals surface area (Å²) in [5, 5.41) is 2.78. The molecule has 0 spiro atoms. The van der Waals surface area contributed by atoms with Crippen molar-refractivity contribution < 1.29 is 17.9 Å². The average Bonchev–Trinajstić information content (AvgIpc) is 2.54. The standard InChI is InChI=1S/C18H22N2O4S/c1-14-5-4-6-15(13-14)19-18(21)11-12-20(25(3,22)23)16-7-9-17(24-2)10-8-16/h4-10,13H,11-12H2,1-3H3,(H,19,21). The van der Waals surface area contributed by atoms with Gasteiger partial charge in [0.15, 0.2) is 0 Å².